The molecule has 0 aromatic heterocycles. The minimum absolute atomic E-state index is 0.155. The molecule has 1 heterocycles. The van der Waals surface area contributed by atoms with Gasteiger partial charge >= 0.3 is 0 Å². The number of para-hydroxylation sites is 1. The van der Waals surface area contributed by atoms with E-state index in [-0.39, 0.29) is 11.7 Å². The molecule has 2 aromatic rings. The number of nitrogens with zero attached hydrogens (tertiary/aromatic N) is 1. The normalized spacial score (nSPS) is 16.3. The zero-order chi connectivity index (χ0) is 14.8. The highest BCUT2D eigenvalue weighted by Crippen LogP contribution is 2.33. The van der Waals surface area contributed by atoms with Crippen molar-refractivity contribution in [2.45, 2.75) is 6.92 Å². The minimum Gasteiger partial charge on any atom is -0.507 e. The summed E-state index contributed by atoms with van der Waals surface area (Å²) in [5, 5.41) is 10.5. The smallest absolute Gasteiger partial charge is 0.284 e. The Morgan fingerprint density at radius 1 is 1.10 bits per heavy atom. The first-order valence-corrected chi connectivity index (χ1v) is 7.33. The summed E-state index contributed by atoms with van der Waals surface area (Å²) in [4.78, 5) is 16.6. The quantitative estimate of drug-likeness (QED) is 0.858. The number of aliphatic imine (C=N–C) groups is 1. The molecule has 21 heavy (non-hydrogen) atoms. The first-order valence-electron chi connectivity index (χ1n) is 6.51. The van der Waals surface area contributed by atoms with Gasteiger partial charge in [0.2, 0.25) is 0 Å². The second kappa shape index (κ2) is 5.58. The SMILES string of the molecule is Cc1ccc(C2=NC(=O)C(=Cc3ccccc3O)S2)cc1. The molecular formula is C17H13NO2S. The number of hydrogen-bond acceptors (Lipinski definition) is 3. The Kier molecular flexibility index (Phi) is 3.62. The van der Waals surface area contributed by atoms with E-state index in [2.05, 4.69) is 4.99 Å². The number of carbonyl (C=O) groups excluding carboxylic acids is 1. The lowest BCUT2D eigenvalue weighted by Gasteiger charge is -2.01. The highest BCUT2D eigenvalue weighted by atomic mass is 32.2. The lowest BCUT2D eigenvalue weighted by molar-refractivity contribution is -0.113. The molecule has 1 aliphatic rings. The van der Waals surface area contributed by atoms with Crippen LogP contribution in [0.4, 0.5) is 0 Å². The summed E-state index contributed by atoms with van der Waals surface area (Å²) in [6, 6.07) is 14.8. The molecule has 104 valence electrons. The molecule has 3 rings (SSSR count). The molecule has 0 radical (unpaired) electrons. The van der Waals surface area contributed by atoms with E-state index in [0.717, 1.165) is 5.56 Å². The van der Waals surface area contributed by atoms with Crippen molar-refractivity contribution in [1.29, 1.82) is 0 Å². The Morgan fingerprint density at radius 2 is 1.81 bits per heavy atom. The molecule has 0 saturated heterocycles. The van der Waals surface area contributed by atoms with Gasteiger partial charge in [-0.05, 0) is 19.1 Å². The van der Waals surface area contributed by atoms with Crippen LogP contribution in [0.1, 0.15) is 16.7 Å². The fraction of sp³-hybridized carbons (Fsp3) is 0.0588. The monoisotopic (exact) mass is 295 g/mol. The summed E-state index contributed by atoms with van der Waals surface area (Å²) in [5.74, 6) is -0.110. The van der Waals surface area contributed by atoms with Crippen molar-refractivity contribution in [3.05, 3.63) is 70.1 Å². The maximum atomic E-state index is 12.0. The fourth-order valence-electron chi connectivity index (χ4n) is 1.98. The van der Waals surface area contributed by atoms with E-state index >= 15 is 0 Å². The molecule has 0 atom stereocenters. The van der Waals surface area contributed by atoms with Gasteiger partial charge in [-0.1, -0.05) is 59.8 Å². The largest absolute Gasteiger partial charge is 0.507 e. The zero-order valence-corrected chi connectivity index (χ0v) is 12.2. The number of rotatable bonds is 2. The van der Waals surface area contributed by atoms with Crippen molar-refractivity contribution in [2.24, 2.45) is 4.99 Å². The standard InChI is InChI=1S/C17H13NO2S/c1-11-6-8-12(9-7-11)17-18-16(20)15(21-17)10-13-4-2-3-5-14(13)19/h2-10,19H,1H3. The van der Waals surface area contributed by atoms with Gasteiger partial charge in [0.1, 0.15) is 10.8 Å². The molecule has 2 aromatic carbocycles. The number of benzene rings is 2. The fourth-order valence-corrected chi connectivity index (χ4v) is 2.89. The van der Waals surface area contributed by atoms with Crippen molar-refractivity contribution in [1.82, 2.24) is 0 Å². The summed E-state index contributed by atoms with van der Waals surface area (Å²) in [5.41, 5.74) is 2.71. The molecule has 1 aliphatic heterocycles. The summed E-state index contributed by atoms with van der Waals surface area (Å²) >= 11 is 1.33. The number of phenols is 1. The van der Waals surface area contributed by atoms with Crippen molar-refractivity contribution in [3.63, 3.8) is 0 Å². The second-order valence-corrected chi connectivity index (χ2v) is 5.79. The molecule has 1 amide bonds. The van der Waals surface area contributed by atoms with Gasteiger partial charge in [-0.3, -0.25) is 4.79 Å². The zero-order valence-electron chi connectivity index (χ0n) is 11.4. The molecular weight excluding hydrogens is 282 g/mol. The molecule has 0 aliphatic carbocycles. The molecule has 4 heteroatoms. The summed E-state index contributed by atoms with van der Waals surface area (Å²) in [6.45, 7) is 2.02. The average Bonchev–Trinajstić information content (AvgIpc) is 2.83. The predicted molar refractivity (Wildman–Crippen MR) is 86.4 cm³/mol. The minimum atomic E-state index is -0.265. The van der Waals surface area contributed by atoms with E-state index in [0.29, 0.717) is 15.5 Å². The van der Waals surface area contributed by atoms with Crippen LogP contribution >= 0.6 is 11.8 Å². The van der Waals surface area contributed by atoms with Gasteiger partial charge in [0, 0.05) is 11.1 Å². The second-order valence-electron chi connectivity index (χ2n) is 4.76. The van der Waals surface area contributed by atoms with Crippen LogP contribution in [0.2, 0.25) is 0 Å². The summed E-state index contributed by atoms with van der Waals surface area (Å²) < 4.78 is 0. The maximum absolute atomic E-state index is 12.0. The Balaban J connectivity index is 1.88. The van der Waals surface area contributed by atoms with Gasteiger partial charge in [0.25, 0.3) is 5.91 Å². The molecule has 3 nitrogen and oxygen atoms in total. The number of thioether (sulfide) groups is 1. The van der Waals surface area contributed by atoms with Crippen molar-refractivity contribution in [3.8, 4) is 5.75 Å². The molecule has 0 saturated carbocycles. The first kappa shape index (κ1) is 13.6. The van der Waals surface area contributed by atoms with Crippen LogP contribution in [0.15, 0.2) is 58.4 Å². The third kappa shape index (κ3) is 2.90. The number of aromatic hydroxyl groups is 1. The number of phenolic OH excluding ortho intramolecular Hbond substituents is 1. The van der Waals surface area contributed by atoms with Crippen LogP contribution in [0, 0.1) is 6.92 Å². The lowest BCUT2D eigenvalue weighted by atomic mass is 10.2. The van der Waals surface area contributed by atoms with E-state index in [1.54, 1.807) is 24.3 Å². The molecule has 0 unspecified atom stereocenters. The lowest BCUT2D eigenvalue weighted by Crippen LogP contribution is -1.90. The average molecular weight is 295 g/mol. The van der Waals surface area contributed by atoms with Gasteiger partial charge in [0.05, 0.1) is 4.91 Å². The Labute approximate surface area is 127 Å². The summed E-state index contributed by atoms with van der Waals surface area (Å²) in [7, 11) is 0. The third-order valence-electron chi connectivity index (χ3n) is 3.14. The highest BCUT2D eigenvalue weighted by Gasteiger charge is 2.23. The topological polar surface area (TPSA) is 49.7 Å². The Hall–Kier alpha value is -2.33. The Morgan fingerprint density at radius 3 is 2.52 bits per heavy atom. The molecule has 0 bridgehead atoms. The maximum Gasteiger partial charge on any atom is 0.284 e. The Bertz CT molecular complexity index is 761. The first-order chi connectivity index (χ1) is 10.1. The molecule has 0 fully saturated rings. The van der Waals surface area contributed by atoms with Crippen LogP contribution in [-0.2, 0) is 4.79 Å². The van der Waals surface area contributed by atoms with E-state index < -0.39 is 0 Å². The van der Waals surface area contributed by atoms with Crippen LogP contribution < -0.4 is 0 Å². The van der Waals surface area contributed by atoms with Crippen LogP contribution in [0.5, 0.6) is 5.75 Å². The van der Waals surface area contributed by atoms with Gasteiger partial charge in [-0.2, -0.15) is 0 Å². The van der Waals surface area contributed by atoms with Crippen LogP contribution in [-0.4, -0.2) is 16.1 Å². The van der Waals surface area contributed by atoms with E-state index in [1.807, 2.05) is 37.3 Å². The predicted octanol–water partition coefficient (Wildman–Crippen LogP) is 3.76. The molecule has 1 N–H and O–H groups in total. The van der Waals surface area contributed by atoms with Gasteiger partial charge in [-0.25, -0.2) is 4.99 Å². The third-order valence-corrected chi connectivity index (χ3v) is 4.18. The summed E-state index contributed by atoms with van der Waals surface area (Å²) in [6.07, 6.45) is 1.67. The highest BCUT2D eigenvalue weighted by molar-refractivity contribution is 8.19. The van der Waals surface area contributed by atoms with Crippen LogP contribution in [0.25, 0.3) is 6.08 Å². The van der Waals surface area contributed by atoms with E-state index in [1.165, 1.54) is 17.3 Å². The van der Waals surface area contributed by atoms with Gasteiger partial charge < -0.3 is 5.11 Å². The van der Waals surface area contributed by atoms with Crippen molar-refractivity contribution in [2.75, 3.05) is 0 Å². The van der Waals surface area contributed by atoms with E-state index in [9.17, 15) is 9.90 Å². The van der Waals surface area contributed by atoms with Gasteiger partial charge in [0.15, 0.2) is 0 Å². The van der Waals surface area contributed by atoms with Crippen LogP contribution in [0.3, 0.4) is 0 Å². The van der Waals surface area contributed by atoms with E-state index in [4.69, 9.17) is 0 Å². The molecule has 0 spiro atoms. The van der Waals surface area contributed by atoms with Crippen molar-refractivity contribution >= 4 is 28.8 Å². The van der Waals surface area contributed by atoms with Crippen molar-refractivity contribution < 1.29 is 9.90 Å². The van der Waals surface area contributed by atoms with Gasteiger partial charge in [-0.15, -0.1) is 0 Å². The number of carbonyl (C=O) groups is 1. The number of hydrogen-bond donors (Lipinski definition) is 1. The number of aryl methyl sites for hydroxylation is 1. The number of amides is 1.